The molecule has 0 saturated carbocycles. The summed E-state index contributed by atoms with van der Waals surface area (Å²) in [6, 6.07) is 10.0. The van der Waals surface area contributed by atoms with Crippen molar-refractivity contribution >= 4 is 28.7 Å². The highest BCUT2D eigenvalue weighted by Crippen LogP contribution is 2.30. The fourth-order valence-corrected chi connectivity index (χ4v) is 5.94. The molecule has 1 N–H and O–H groups in total. The molecular weight excluding hydrogens is 522 g/mol. The molecule has 40 heavy (non-hydrogen) atoms. The van der Waals surface area contributed by atoms with Gasteiger partial charge < -0.3 is 14.8 Å². The molecule has 0 saturated heterocycles. The first-order chi connectivity index (χ1) is 19.5. The average Bonchev–Trinajstić information content (AvgIpc) is 3.76. The number of rotatable bonds is 9. The number of nitrogens with one attached hydrogen (secondary N) is 1. The Labute approximate surface area is 237 Å². The quantitative estimate of drug-likeness (QED) is 0.291. The van der Waals surface area contributed by atoms with Crippen molar-refractivity contribution in [1.82, 2.24) is 39.3 Å². The number of fused-ring (bicyclic) bond motifs is 2. The van der Waals surface area contributed by atoms with Crippen LogP contribution >= 0.6 is 11.3 Å². The number of hydrogen-bond acceptors (Lipinski definition) is 8. The zero-order chi connectivity index (χ0) is 27.6. The van der Waals surface area contributed by atoms with Gasteiger partial charge in [-0.25, -0.2) is 19.5 Å². The van der Waals surface area contributed by atoms with Crippen LogP contribution in [0.15, 0.2) is 60.5 Å². The Hall–Kier alpha value is -4.09. The first-order valence-electron chi connectivity index (χ1n) is 13.7. The molecule has 6 rings (SSSR count). The standard InChI is InChI=1S/C29H33N9OS/c1-4-35(5-2)20(3)17-31-29(39)21-15-24(33-26(16-21)37-13-12-36-11-9-30-27(36)19-37)22-18-32-38-10-8-23(34-28(22)38)25-7-6-14-40-25/h6-11,14-16,18,20H,4-5,12-13,17,19H2,1-3H3,(H,31,39)/t20-/m0/s1. The molecular formula is C29H33N9OS. The summed E-state index contributed by atoms with van der Waals surface area (Å²) in [5.41, 5.74) is 3.59. The van der Waals surface area contributed by atoms with E-state index in [4.69, 9.17) is 9.97 Å². The van der Waals surface area contributed by atoms with Crippen molar-refractivity contribution in [3.63, 3.8) is 0 Å². The SMILES string of the molecule is CCN(CC)[C@@H](C)CNC(=O)c1cc(-c2cnn3ccc(-c4cccs4)nc23)nc(N2CCn3ccnc3C2)c1. The molecule has 206 valence electrons. The summed E-state index contributed by atoms with van der Waals surface area (Å²) in [5, 5.41) is 9.73. The van der Waals surface area contributed by atoms with Crippen LogP contribution in [0.3, 0.4) is 0 Å². The minimum Gasteiger partial charge on any atom is -0.350 e. The summed E-state index contributed by atoms with van der Waals surface area (Å²) in [5.74, 6) is 1.60. The minimum atomic E-state index is -0.119. The van der Waals surface area contributed by atoms with Crippen LogP contribution in [0.5, 0.6) is 0 Å². The van der Waals surface area contributed by atoms with E-state index in [0.29, 0.717) is 30.0 Å². The summed E-state index contributed by atoms with van der Waals surface area (Å²) in [7, 11) is 0. The summed E-state index contributed by atoms with van der Waals surface area (Å²) < 4.78 is 3.91. The van der Waals surface area contributed by atoms with E-state index in [9.17, 15) is 4.79 Å². The number of carbonyl (C=O) groups is 1. The molecule has 0 fully saturated rings. The molecule has 1 aliphatic rings. The third-order valence-electron chi connectivity index (χ3n) is 7.56. The number of carbonyl (C=O) groups excluding carboxylic acids is 1. The Kier molecular flexibility index (Phi) is 7.31. The van der Waals surface area contributed by atoms with Gasteiger partial charge in [0, 0.05) is 49.8 Å². The van der Waals surface area contributed by atoms with Gasteiger partial charge in [0.2, 0.25) is 0 Å². The fraction of sp³-hybridized carbons (Fsp3) is 0.345. The topological polar surface area (TPSA) is 96.5 Å². The third-order valence-corrected chi connectivity index (χ3v) is 8.45. The average molecular weight is 556 g/mol. The zero-order valence-corrected chi connectivity index (χ0v) is 23.8. The Bertz CT molecular complexity index is 1620. The molecule has 10 nitrogen and oxygen atoms in total. The summed E-state index contributed by atoms with van der Waals surface area (Å²) in [4.78, 5) is 33.6. The number of thiophene rings is 1. The molecule has 11 heteroatoms. The van der Waals surface area contributed by atoms with Crippen molar-refractivity contribution in [3.05, 3.63) is 71.9 Å². The Morgan fingerprint density at radius 3 is 2.80 bits per heavy atom. The second-order valence-electron chi connectivity index (χ2n) is 9.95. The van der Waals surface area contributed by atoms with Gasteiger partial charge in [0.25, 0.3) is 5.91 Å². The monoisotopic (exact) mass is 555 g/mol. The van der Waals surface area contributed by atoms with E-state index in [1.165, 1.54) is 0 Å². The highest BCUT2D eigenvalue weighted by molar-refractivity contribution is 7.13. The second kappa shape index (κ2) is 11.2. The second-order valence-corrected chi connectivity index (χ2v) is 10.9. The number of hydrogen-bond donors (Lipinski definition) is 1. The fourth-order valence-electron chi connectivity index (χ4n) is 5.25. The van der Waals surface area contributed by atoms with Crippen LogP contribution in [0, 0.1) is 0 Å². The number of likely N-dealkylation sites (N-methyl/N-ethyl adjacent to an activating group) is 1. The van der Waals surface area contributed by atoms with Crippen molar-refractivity contribution < 1.29 is 4.79 Å². The maximum absolute atomic E-state index is 13.5. The molecule has 0 radical (unpaired) electrons. The maximum Gasteiger partial charge on any atom is 0.251 e. The first-order valence-corrected chi connectivity index (χ1v) is 14.6. The van der Waals surface area contributed by atoms with Crippen LogP contribution in [0.25, 0.3) is 27.5 Å². The first kappa shape index (κ1) is 26.1. The van der Waals surface area contributed by atoms with Gasteiger partial charge in [0.1, 0.15) is 11.6 Å². The van der Waals surface area contributed by atoms with Crippen LogP contribution in [0.4, 0.5) is 5.82 Å². The molecule has 6 heterocycles. The van der Waals surface area contributed by atoms with Crippen LogP contribution in [-0.2, 0) is 13.1 Å². The molecule has 1 aliphatic heterocycles. The van der Waals surface area contributed by atoms with Crippen molar-refractivity contribution in [1.29, 1.82) is 0 Å². The van der Waals surface area contributed by atoms with Gasteiger partial charge in [0.05, 0.1) is 34.6 Å². The van der Waals surface area contributed by atoms with Gasteiger partial charge in [-0.3, -0.25) is 9.69 Å². The van der Waals surface area contributed by atoms with Gasteiger partial charge in [-0.05, 0) is 49.7 Å². The largest absolute Gasteiger partial charge is 0.350 e. The molecule has 0 unspecified atom stereocenters. The minimum absolute atomic E-state index is 0.119. The maximum atomic E-state index is 13.5. The Morgan fingerprint density at radius 1 is 1.12 bits per heavy atom. The van der Waals surface area contributed by atoms with E-state index in [-0.39, 0.29) is 11.9 Å². The molecule has 0 bridgehead atoms. The van der Waals surface area contributed by atoms with E-state index in [1.54, 1.807) is 22.0 Å². The summed E-state index contributed by atoms with van der Waals surface area (Å²) >= 11 is 1.65. The highest BCUT2D eigenvalue weighted by Gasteiger charge is 2.22. The summed E-state index contributed by atoms with van der Waals surface area (Å²) in [6.45, 7) is 11.1. The van der Waals surface area contributed by atoms with E-state index in [1.807, 2.05) is 48.2 Å². The van der Waals surface area contributed by atoms with Crippen LogP contribution in [-0.4, -0.2) is 72.2 Å². The number of anilines is 1. The van der Waals surface area contributed by atoms with Gasteiger partial charge in [-0.2, -0.15) is 5.10 Å². The van der Waals surface area contributed by atoms with E-state index in [0.717, 1.165) is 54.0 Å². The van der Waals surface area contributed by atoms with Crippen molar-refractivity contribution in [2.75, 3.05) is 31.1 Å². The van der Waals surface area contributed by atoms with Gasteiger partial charge in [-0.15, -0.1) is 11.3 Å². The lowest BCUT2D eigenvalue weighted by atomic mass is 10.1. The number of pyridine rings is 1. The molecule has 5 aromatic heterocycles. The van der Waals surface area contributed by atoms with Gasteiger partial charge in [0.15, 0.2) is 5.65 Å². The molecule has 1 atom stereocenters. The number of aromatic nitrogens is 6. The smallest absolute Gasteiger partial charge is 0.251 e. The predicted octanol–water partition coefficient (Wildman–Crippen LogP) is 4.20. The molecule has 5 aromatic rings. The van der Waals surface area contributed by atoms with Gasteiger partial charge in [-0.1, -0.05) is 19.9 Å². The lowest BCUT2D eigenvalue weighted by molar-refractivity contribution is 0.0938. The molecule has 0 spiro atoms. The highest BCUT2D eigenvalue weighted by atomic mass is 32.1. The van der Waals surface area contributed by atoms with Gasteiger partial charge >= 0.3 is 0 Å². The summed E-state index contributed by atoms with van der Waals surface area (Å²) in [6.07, 6.45) is 7.52. The number of nitrogens with zero attached hydrogens (tertiary/aromatic N) is 8. The van der Waals surface area contributed by atoms with Crippen molar-refractivity contribution in [3.8, 4) is 21.8 Å². The normalized spacial score (nSPS) is 14.1. The lowest BCUT2D eigenvalue weighted by Crippen LogP contribution is -2.42. The van der Waals surface area contributed by atoms with Crippen LogP contribution in [0.1, 0.15) is 37.0 Å². The van der Waals surface area contributed by atoms with E-state index < -0.39 is 0 Å². The number of amides is 1. The van der Waals surface area contributed by atoms with E-state index in [2.05, 4.69) is 56.6 Å². The van der Waals surface area contributed by atoms with Crippen molar-refractivity contribution in [2.45, 2.75) is 39.9 Å². The molecule has 0 aliphatic carbocycles. The van der Waals surface area contributed by atoms with Crippen molar-refractivity contribution in [2.24, 2.45) is 0 Å². The predicted molar refractivity (Wildman–Crippen MR) is 158 cm³/mol. The van der Waals surface area contributed by atoms with Crippen LogP contribution < -0.4 is 10.2 Å². The zero-order valence-electron chi connectivity index (χ0n) is 23.0. The lowest BCUT2D eigenvalue weighted by Gasteiger charge is -2.29. The molecule has 0 aromatic carbocycles. The molecule has 1 amide bonds. The third kappa shape index (κ3) is 5.09. The number of imidazole rings is 1. The van der Waals surface area contributed by atoms with Crippen LogP contribution in [0.2, 0.25) is 0 Å². The van der Waals surface area contributed by atoms with E-state index >= 15 is 0 Å². The Morgan fingerprint density at radius 2 is 2.00 bits per heavy atom. The Balaban J connectivity index is 1.37.